The maximum absolute atomic E-state index is 12.1. The predicted octanol–water partition coefficient (Wildman–Crippen LogP) is 2.93. The lowest BCUT2D eigenvalue weighted by Gasteiger charge is -2.08. The Labute approximate surface area is 127 Å². The summed E-state index contributed by atoms with van der Waals surface area (Å²) in [7, 11) is 3.09. The lowest BCUT2D eigenvalue weighted by atomic mass is 10.2. The molecule has 110 valence electrons. The average molecular weight is 305 g/mol. The van der Waals surface area contributed by atoms with E-state index in [2.05, 4.69) is 6.58 Å². The summed E-state index contributed by atoms with van der Waals surface area (Å²) in [5, 5.41) is -0.286. The molecule has 0 aliphatic carbocycles. The van der Waals surface area contributed by atoms with Crippen LogP contribution in [0.3, 0.4) is 0 Å². The van der Waals surface area contributed by atoms with Crippen molar-refractivity contribution in [3.63, 3.8) is 0 Å². The van der Waals surface area contributed by atoms with Gasteiger partial charge in [-0.05, 0) is 35.5 Å². The van der Waals surface area contributed by atoms with Crippen molar-refractivity contribution in [1.29, 1.82) is 0 Å². The normalized spacial score (nSPS) is 16.5. The molecule has 0 radical (unpaired) electrons. The first kappa shape index (κ1) is 15.2. The van der Waals surface area contributed by atoms with Crippen LogP contribution >= 0.6 is 11.8 Å². The Morgan fingerprint density at radius 3 is 2.57 bits per heavy atom. The molecule has 0 aromatic heterocycles. The summed E-state index contributed by atoms with van der Waals surface area (Å²) in [6.45, 7) is 3.75. The van der Waals surface area contributed by atoms with Crippen molar-refractivity contribution in [3.8, 4) is 11.5 Å². The fraction of sp³-hybridized carbons (Fsp3) is 0.200. The van der Waals surface area contributed by atoms with Gasteiger partial charge in [0.15, 0.2) is 11.5 Å². The molecule has 0 spiro atoms. The standard InChI is InChI=1S/C15H15NO4S/c1-4-7-16-14(17)13(21-15(16)18)9-10-5-6-11(19-2)12(8-10)20-3/h4-6,8-9H,1,7H2,2-3H3/b13-9-. The van der Waals surface area contributed by atoms with Crippen LogP contribution in [0.15, 0.2) is 35.8 Å². The number of ether oxygens (including phenoxy) is 2. The molecule has 2 rings (SSSR count). The number of amides is 2. The van der Waals surface area contributed by atoms with Gasteiger partial charge in [0.25, 0.3) is 11.1 Å². The van der Waals surface area contributed by atoms with Crippen molar-refractivity contribution >= 4 is 29.0 Å². The van der Waals surface area contributed by atoms with Crippen molar-refractivity contribution in [1.82, 2.24) is 4.90 Å². The van der Waals surface area contributed by atoms with Gasteiger partial charge in [-0.15, -0.1) is 6.58 Å². The number of carbonyl (C=O) groups is 2. The molecule has 2 amide bonds. The van der Waals surface area contributed by atoms with Crippen LogP contribution in [0.1, 0.15) is 5.56 Å². The van der Waals surface area contributed by atoms with Crippen LogP contribution in [-0.4, -0.2) is 36.8 Å². The zero-order valence-corrected chi connectivity index (χ0v) is 12.6. The molecule has 1 aliphatic heterocycles. The Morgan fingerprint density at radius 1 is 1.24 bits per heavy atom. The van der Waals surface area contributed by atoms with Gasteiger partial charge in [-0.1, -0.05) is 12.1 Å². The zero-order valence-electron chi connectivity index (χ0n) is 11.8. The van der Waals surface area contributed by atoms with E-state index in [4.69, 9.17) is 9.47 Å². The maximum Gasteiger partial charge on any atom is 0.293 e. The number of methoxy groups -OCH3 is 2. The van der Waals surface area contributed by atoms with E-state index in [1.807, 2.05) is 0 Å². The number of thioether (sulfide) groups is 1. The molecule has 21 heavy (non-hydrogen) atoms. The molecule has 0 unspecified atom stereocenters. The summed E-state index contributed by atoms with van der Waals surface area (Å²) in [5.74, 6) is 0.866. The SMILES string of the molecule is C=CCN1C(=O)S/C(=C\c2ccc(OC)c(OC)c2)C1=O. The summed E-state index contributed by atoms with van der Waals surface area (Å²) in [6, 6.07) is 5.29. The summed E-state index contributed by atoms with van der Waals surface area (Å²) in [5.41, 5.74) is 0.761. The van der Waals surface area contributed by atoms with Gasteiger partial charge in [0.05, 0.1) is 19.1 Å². The number of imide groups is 1. The van der Waals surface area contributed by atoms with Crippen molar-refractivity contribution in [2.24, 2.45) is 0 Å². The average Bonchev–Trinajstić information content (AvgIpc) is 2.75. The molecule has 1 aromatic rings. The highest BCUT2D eigenvalue weighted by molar-refractivity contribution is 8.18. The predicted molar refractivity (Wildman–Crippen MR) is 82.4 cm³/mol. The first-order chi connectivity index (χ1) is 10.1. The quantitative estimate of drug-likeness (QED) is 0.618. The maximum atomic E-state index is 12.1. The summed E-state index contributed by atoms with van der Waals surface area (Å²) in [4.78, 5) is 25.4. The topological polar surface area (TPSA) is 55.8 Å². The van der Waals surface area contributed by atoms with Crippen LogP contribution in [-0.2, 0) is 4.79 Å². The number of nitrogens with zero attached hydrogens (tertiary/aromatic N) is 1. The van der Waals surface area contributed by atoms with E-state index >= 15 is 0 Å². The smallest absolute Gasteiger partial charge is 0.293 e. The van der Waals surface area contributed by atoms with Crippen LogP contribution in [0.5, 0.6) is 11.5 Å². The highest BCUT2D eigenvalue weighted by Gasteiger charge is 2.34. The molecule has 0 atom stereocenters. The van der Waals surface area contributed by atoms with Gasteiger partial charge in [0.2, 0.25) is 0 Å². The van der Waals surface area contributed by atoms with Crippen molar-refractivity contribution in [2.45, 2.75) is 0 Å². The van der Waals surface area contributed by atoms with Gasteiger partial charge in [0.1, 0.15) is 0 Å². The molecule has 0 N–H and O–H groups in total. The van der Waals surface area contributed by atoms with Crippen molar-refractivity contribution in [2.75, 3.05) is 20.8 Å². The Kier molecular flexibility index (Phi) is 4.70. The van der Waals surface area contributed by atoms with E-state index in [0.717, 1.165) is 22.2 Å². The third-order valence-corrected chi connectivity index (χ3v) is 3.80. The molecule has 1 saturated heterocycles. The highest BCUT2D eigenvalue weighted by atomic mass is 32.2. The molecule has 5 nitrogen and oxygen atoms in total. The fourth-order valence-electron chi connectivity index (χ4n) is 1.88. The Balaban J connectivity index is 2.30. The van der Waals surface area contributed by atoms with Crippen LogP contribution in [0.2, 0.25) is 0 Å². The van der Waals surface area contributed by atoms with Gasteiger partial charge in [-0.25, -0.2) is 0 Å². The largest absolute Gasteiger partial charge is 0.493 e. The summed E-state index contributed by atoms with van der Waals surface area (Å²) in [6.07, 6.45) is 3.19. The molecule has 1 heterocycles. The second kappa shape index (κ2) is 6.49. The van der Waals surface area contributed by atoms with Gasteiger partial charge < -0.3 is 9.47 Å². The second-order valence-electron chi connectivity index (χ2n) is 4.20. The molecule has 1 aliphatic rings. The molecule has 1 fully saturated rings. The minimum Gasteiger partial charge on any atom is -0.493 e. The van der Waals surface area contributed by atoms with Crippen LogP contribution in [0.4, 0.5) is 4.79 Å². The van der Waals surface area contributed by atoms with E-state index < -0.39 is 0 Å². The molecule has 0 saturated carbocycles. The lowest BCUT2D eigenvalue weighted by molar-refractivity contribution is -0.122. The summed E-state index contributed by atoms with van der Waals surface area (Å²) < 4.78 is 10.4. The van der Waals surface area contributed by atoms with Crippen LogP contribution in [0.25, 0.3) is 6.08 Å². The van der Waals surface area contributed by atoms with E-state index in [-0.39, 0.29) is 17.7 Å². The summed E-state index contributed by atoms with van der Waals surface area (Å²) >= 11 is 0.919. The third-order valence-electron chi connectivity index (χ3n) is 2.89. The van der Waals surface area contributed by atoms with Gasteiger partial charge >= 0.3 is 0 Å². The molecular formula is C15H15NO4S. The minimum absolute atomic E-state index is 0.216. The number of hydrogen-bond acceptors (Lipinski definition) is 5. The molecule has 6 heteroatoms. The van der Waals surface area contributed by atoms with E-state index in [1.165, 1.54) is 6.08 Å². The fourth-order valence-corrected chi connectivity index (χ4v) is 2.73. The van der Waals surface area contributed by atoms with Crippen LogP contribution < -0.4 is 9.47 Å². The molecule has 0 bridgehead atoms. The van der Waals surface area contributed by atoms with Gasteiger partial charge in [0, 0.05) is 6.54 Å². The van der Waals surface area contributed by atoms with Gasteiger partial charge in [-0.2, -0.15) is 0 Å². The number of benzene rings is 1. The number of hydrogen-bond donors (Lipinski definition) is 0. The first-order valence-electron chi connectivity index (χ1n) is 6.19. The minimum atomic E-state index is -0.306. The highest BCUT2D eigenvalue weighted by Crippen LogP contribution is 2.34. The van der Waals surface area contributed by atoms with E-state index in [0.29, 0.717) is 16.4 Å². The van der Waals surface area contributed by atoms with E-state index in [1.54, 1.807) is 38.5 Å². The number of carbonyl (C=O) groups excluding carboxylic acids is 2. The van der Waals surface area contributed by atoms with Crippen molar-refractivity contribution in [3.05, 3.63) is 41.3 Å². The van der Waals surface area contributed by atoms with Gasteiger partial charge in [-0.3, -0.25) is 14.5 Å². The molecular weight excluding hydrogens is 290 g/mol. The first-order valence-corrected chi connectivity index (χ1v) is 7.00. The Morgan fingerprint density at radius 2 is 1.95 bits per heavy atom. The Hall–Kier alpha value is -2.21. The lowest BCUT2D eigenvalue weighted by Crippen LogP contribution is -2.27. The second-order valence-corrected chi connectivity index (χ2v) is 5.19. The number of rotatable bonds is 5. The van der Waals surface area contributed by atoms with Crippen molar-refractivity contribution < 1.29 is 19.1 Å². The third kappa shape index (κ3) is 3.11. The Bertz CT molecular complexity index is 624. The zero-order chi connectivity index (χ0) is 15.4. The monoisotopic (exact) mass is 305 g/mol. The van der Waals surface area contributed by atoms with Crippen LogP contribution in [0, 0.1) is 0 Å². The van der Waals surface area contributed by atoms with E-state index in [9.17, 15) is 9.59 Å². The molecule has 1 aromatic carbocycles.